The Morgan fingerprint density at radius 3 is 1.86 bits per heavy atom. The zero-order chi connectivity index (χ0) is 17.0. The van der Waals surface area contributed by atoms with Gasteiger partial charge in [-0.25, -0.2) is 4.79 Å². The lowest BCUT2D eigenvalue weighted by Gasteiger charge is -1.99. The van der Waals surface area contributed by atoms with Gasteiger partial charge in [-0.05, 0) is 6.42 Å². The quantitative estimate of drug-likeness (QED) is 0.275. The minimum absolute atomic E-state index is 0.164. The number of carbonyl (C=O) groups excluding carboxylic acids is 1. The number of nitrogens with two attached hydrogens (primary N) is 2. The van der Waals surface area contributed by atoms with E-state index in [0.717, 1.165) is 0 Å². The Balaban J connectivity index is 0. The van der Waals surface area contributed by atoms with Crippen LogP contribution in [-0.2, 0) is 19.2 Å². The summed E-state index contributed by atoms with van der Waals surface area (Å²) >= 11 is 0. The van der Waals surface area contributed by atoms with Gasteiger partial charge in [0.2, 0.25) is 5.91 Å². The van der Waals surface area contributed by atoms with E-state index in [1.807, 2.05) is 0 Å². The fraction of sp³-hybridized carbons (Fsp3) is 0.600. The van der Waals surface area contributed by atoms with Crippen molar-refractivity contribution < 1.29 is 39.6 Å². The first kappa shape index (κ1) is 21.1. The number of nitrogens with one attached hydrogen (secondary N) is 1. The lowest BCUT2D eigenvalue weighted by molar-refractivity contribution is -0.140. The third-order valence-corrected chi connectivity index (χ3v) is 1.98. The van der Waals surface area contributed by atoms with Crippen LogP contribution in [0.25, 0.3) is 0 Å². The first-order valence-electron chi connectivity index (χ1n) is 5.68. The number of aliphatic carboxylic acids is 3. The molecule has 9 N–H and O–H groups in total. The van der Waals surface area contributed by atoms with Gasteiger partial charge in [-0.2, -0.15) is 0 Å². The molecular weight excluding hydrogens is 290 g/mol. The van der Waals surface area contributed by atoms with Gasteiger partial charge in [-0.15, -0.1) is 0 Å². The van der Waals surface area contributed by atoms with E-state index in [1.54, 1.807) is 0 Å². The standard InChI is InChI=1S/C5H7NO3.C3H7NO3.C2H5NO2/c7-4-2-1-3(6-4)5(8)9;4-2(1-5)3(6)7;3-1-2(4)5/h3H,1-2H2,(H,6,7)(H,8,9);2,5H,1,4H2,(H,6,7);1,3H2,(H,4,5)/t;2-;/m.0./s1. The molecule has 0 aromatic heterocycles. The molecule has 1 heterocycles. The molecule has 1 unspecified atom stereocenters. The Kier molecular flexibility index (Phi) is 11.6. The summed E-state index contributed by atoms with van der Waals surface area (Å²) in [5.74, 6) is -3.25. The van der Waals surface area contributed by atoms with Crippen molar-refractivity contribution in [3.05, 3.63) is 0 Å². The number of aliphatic hydroxyl groups excluding tert-OH is 1. The fourth-order valence-corrected chi connectivity index (χ4v) is 0.877. The number of carbonyl (C=O) groups is 4. The smallest absolute Gasteiger partial charge is 0.326 e. The molecule has 122 valence electrons. The van der Waals surface area contributed by atoms with Crippen LogP contribution in [0.4, 0.5) is 0 Å². The first-order chi connectivity index (χ1) is 9.65. The maximum Gasteiger partial charge on any atom is 0.326 e. The van der Waals surface area contributed by atoms with Crippen LogP contribution in [0, 0.1) is 0 Å². The zero-order valence-corrected chi connectivity index (χ0v) is 11.1. The maximum absolute atomic E-state index is 10.4. The average Bonchev–Trinajstić information content (AvgIpc) is 2.86. The molecule has 1 fully saturated rings. The highest BCUT2D eigenvalue weighted by molar-refractivity contribution is 5.87. The van der Waals surface area contributed by atoms with Gasteiger partial charge in [0.05, 0.1) is 13.2 Å². The van der Waals surface area contributed by atoms with Crippen molar-refractivity contribution in [2.24, 2.45) is 11.5 Å². The minimum atomic E-state index is -1.18. The van der Waals surface area contributed by atoms with Crippen LogP contribution in [0.5, 0.6) is 0 Å². The number of aliphatic hydroxyl groups is 1. The van der Waals surface area contributed by atoms with Crippen molar-refractivity contribution in [2.45, 2.75) is 24.9 Å². The molecule has 1 rings (SSSR count). The van der Waals surface area contributed by atoms with Crippen molar-refractivity contribution in [1.82, 2.24) is 5.32 Å². The average molecular weight is 309 g/mol. The first-order valence-corrected chi connectivity index (χ1v) is 5.68. The number of rotatable bonds is 4. The van der Waals surface area contributed by atoms with Crippen molar-refractivity contribution in [3.63, 3.8) is 0 Å². The molecule has 0 aliphatic carbocycles. The zero-order valence-electron chi connectivity index (χ0n) is 11.1. The molecule has 21 heavy (non-hydrogen) atoms. The van der Waals surface area contributed by atoms with Crippen LogP contribution in [0.3, 0.4) is 0 Å². The number of amides is 1. The second kappa shape index (κ2) is 11.6. The van der Waals surface area contributed by atoms with Crippen LogP contribution in [0.1, 0.15) is 12.8 Å². The van der Waals surface area contributed by atoms with E-state index in [4.69, 9.17) is 26.2 Å². The molecule has 1 amide bonds. The molecule has 0 aromatic rings. The van der Waals surface area contributed by atoms with Crippen molar-refractivity contribution in [3.8, 4) is 0 Å². The highest BCUT2D eigenvalue weighted by Crippen LogP contribution is 2.05. The van der Waals surface area contributed by atoms with Gasteiger partial charge in [0.15, 0.2) is 0 Å². The molecule has 0 saturated carbocycles. The van der Waals surface area contributed by atoms with Crippen molar-refractivity contribution in [1.29, 1.82) is 0 Å². The number of hydrogen-bond acceptors (Lipinski definition) is 7. The lowest BCUT2D eigenvalue weighted by atomic mass is 10.2. The van der Waals surface area contributed by atoms with Crippen molar-refractivity contribution >= 4 is 23.8 Å². The largest absolute Gasteiger partial charge is 0.480 e. The van der Waals surface area contributed by atoms with Gasteiger partial charge >= 0.3 is 17.9 Å². The number of carboxylic acid groups (broad SMARTS) is 3. The summed E-state index contributed by atoms with van der Waals surface area (Å²) in [6.07, 6.45) is 0.769. The molecule has 0 radical (unpaired) electrons. The number of hydrogen-bond donors (Lipinski definition) is 7. The van der Waals surface area contributed by atoms with Crippen molar-refractivity contribution in [2.75, 3.05) is 13.2 Å². The second-order valence-corrected chi connectivity index (χ2v) is 3.72. The van der Waals surface area contributed by atoms with E-state index in [2.05, 4.69) is 11.1 Å². The highest BCUT2D eigenvalue weighted by atomic mass is 16.4. The molecule has 1 aliphatic rings. The van der Waals surface area contributed by atoms with Crippen LogP contribution in [0.15, 0.2) is 0 Å². The van der Waals surface area contributed by atoms with E-state index < -0.39 is 36.6 Å². The van der Waals surface area contributed by atoms with Crippen LogP contribution in [-0.4, -0.2) is 69.5 Å². The van der Waals surface area contributed by atoms with Crippen LogP contribution >= 0.6 is 0 Å². The molecule has 1 aliphatic heterocycles. The summed E-state index contributed by atoms with van der Waals surface area (Å²) in [5.41, 5.74) is 9.34. The van der Waals surface area contributed by atoms with Gasteiger partial charge in [-0.1, -0.05) is 0 Å². The highest BCUT2D eigenvalue weighted by Gasteiger charge is 2.26. The summed E-state index contributed by atoms with van der Waals surface area (Å²) in [7, 11) is 0. The summed E-state index contributed by atoms with van der Waals surface area (Å²) in [5, 5.41) is 34.1. The summed E-state index contributed by atoms with van der Waals surface area (Å²) in [6.45, 7) is -0.782. The van der Waals surface area contributed by atoms with Crippen LogP contribution in [0.2, 0.25) is 0 Å². The predicted octanol–water partition coefficient (Wildman–Crippen LogP) is -3.23. The molecule has 11 heteroatoms. The van der Waals surface area contributed by atoms with Crippen LogP contribution < -0.4 is 16.8 Å². The Morgan fingerprint density at radius 2 is 1.76 bits per heavy atom. The van der Waals surface area contributed by atoms with E-state index in [-0.39, 0.29) is 12.5 Å². The Hall–Kier alpha value is -2.24. The predicted molar refractivity (Wildman–Crippen MR) is 68.2 cm³/mol. The molecule has 0 aromatic carbocycles. The monoisotopic (exact) mass is 309 g/mol. The Labute approximate surface area is 119 Å². The van der Waals surface area contributed by atoms with E-state index in [9.17, 15) is 19.2 Å². The molecule has 11 nitrogen and oxygen atoms in total. The van der Waals surface area contributed by atoms with E-state index in [1.165, 1.54) is 0 Å². The molecule has 1 saturated heterocycles. The summed E-state index contributed by atoms with van der Waals surface area (Å²) in [6, 6.07) is -1.77. The third kappa shape index (κ3) is 12.5. The fourth-order valence-electron chi connectivity index (χ4n) is 0.877. The van der Waals surface area contributed by atoms with Gasteiger partial charge in [0.1, 0.15) is 12.1 Å². The van der Waals surface area contributed by atoms with Gasteiger partial charge in [-0.3, -0.25) is 14.4 Å². The summed E-state index contributed by atoms with van der Waals surface area (Å²) < 4.78 is 0. The minimum Gasteiger partial charge on any atom is -0.480 e. The Bertz CT molecular complexity index is 373. The van der Waals surface area contributed by atoms with Gasteiger partial charge < -0.3 is 37.2 Å². The summed E-state index contributed by atoms with van der Waals surface area (Å²) in [4.78, 5) is 39.4. The lowest BCUT2D eigenvalue weighted by Crippen LogP contribution is -2.33. The topological polar surface area (TPSA) is 213 Å². The van der Waals surface area contributed by atoms with E-state index in [0.29, 0.717) is 12.8 Å². The molecule has 2 atom stereocenters. The maximum atomic E-state index is 10.4. The normalized spacial score (nSPS) is 17.3. The SMILES string of the molecule is NCC(=O)O.N[C@@H](CO)C(=O)O.O=C1CCC(C(=O)O)N1. The number of carboxylic acids is 3. The second-order valence-electron chi connectivity index (χ2n) is 3.72. The van der Waals surface area contributed by atoms with Gasteiger partial charge in [0.25, 0.3) is 0 Å². The third-order valence-electron chi connectivity index (χ3n) is 1.98. The van der Waals surface area contributed by atoms with E-state index >= 15 is 0 Å². The Morgan fingerprint density at radius 1 is 1.29 bits per heavy atom. The molecular formula is C10H19N3O8. The van der Waals surface area contributed by atoms with Gasteiger partial charge in [0, 0.05) is 6.42 Å². The molecule has 0 bridgehead atoms. The molecule has 0 spiro atoms.